The van der Waals surface area contributed by atoms with Gasteiger partial charge in [-0.3, -0.25) is 4.90 Å². The fourth-order valence-electron chi connectivity index (χ4n) is 2.84. The molecule has 1 saturated heterocycles. The van der Waals surface area contributed by atoms with Gasteiger partial charge in [-0.1, -0.05) is 23.2 Å². The zero-order valence-corrected chi connectivity index (χ0v) is 14.4. The van der Waals surface area contributed by atoms with Crippen molar-refractivity contribution in [1.82, 2.24) is 19.4 Å². The molecule has 7 heteroatoms. The van der Waals surface area contributed by atoms with Gasteiger partial charge in [0.25, 0.3) is 0 Å². The number of nitrogens with one attached hydrogen (secondary N) is 1. The van der Waals surface area contributed by atoms with Gasteiger partial charge in [0.15, 0.2) is 4.77 Å². The van der Waals surface area contributed by atoms with E-state index in [0.717, 1.165) is 37.2 Å². The first-order valence-electron chi connectivity index (χ1n) is 6.92. The molecule has 1 fully saturated rings. The standard InChI is InChI=1S/C14H18Cl2N4S/c1-18-3-4-19(2)9(7-18)8-20-13-6-11(16)10(15)5-12(13)17-14(20)21/h5-6,9H,3-4,7-8H2,1-2H3,(H,17,21). The maximum absolute atomic E-state index is 6.15. The minimum Gasteiger partial charge on any atom is -0.331 e. The van der Waals surface area contributed by atoms with Crippen molar-refractivity contribution in [3.63, 3.8) is 0 Å². The van der Waals surface area contributed by atoms with Crippen LogP contribution in [0.15, 0.2) is 12.1 Å². The number of nitrogens with zero attached hydrogens (tertiary/aromatic N) is 3. The number of rotatable bonds is 2. The number of likely N-dealkylation sites (N-methyl/N-ethyl adjacent to an activating group) is 2. The Balaban J connectivity index is 1.98. The van der Waals surface area contributed by atoms with E-state index in [-0.39, 0.29) is 0 Å². The van der Waals surface area contributed by atoms with Crippen LogP contribution >= 0.6 is 35.4 Å². The third-order valence-electron chi connectivity index (χ3n) is 4.19. The lowest BCUT2D eigenvalue weighted by molar-refractivity contribution is 0.103. The van der Waals surface area contributed by atoms with Crippen LogP contribution in [0.25, 0.3) is 11.0 Å². The summed E-state index contributed by atoms with van der Waals surface area (Å²) in [6.45, 7) is 4.06. The zero-order valence-electron chi connectivity index (χ0n) is 12.1. The average molecular weight is 345 g/mol. The molecular weight excluding hydrogens is 327 g/mol. The zero-order chi connectivity index (χ0) is 15.1. The molecule has 2 heterocycles. The molecule has 4 nitrogen and oxygen atoms in total. The fourth-order valence-corrected chi connectivity index (χ4v) is 3.45. The van der Waals surface area contributed by atoms with Gasteiger partial charge >= 0.3 is 0 Å². The van der Waals surface area contributed by atoms with Gasteiger partial charge in [-0.2, -0.15) is 0 Å². The van der Waals surface area contributed by atoms with Crippen molar-refractivity contribution in [2.24, 2.45) is 0 Å². The number of aromatic nitrogens is 2. The molecule has 0 radical (unpaired) electrons. The number of halogens is 2. The third kappa shape index (κ3) is 2.98. The maximum Gasteiger partial charge on any atom is 0.178 e. The second-order valence-corrected chi connectivity index (χ2v) is 6.92. The molecule has 3 rings (SSSR count). The van der Waals surface area contributed by atoms with Crippen LogP contribution in [0.5, 0.6) is 0 Å². The Labute approximate surface area is 139 Å². The first-order valence-corrected chi connectivity index (χ1v) is 8.08. The van der Waals surface area contributed by atoms with Crippen LogP contribution in [0.2, 0.25) is 10.0 Å². The lowest BCUT2D eigenvalue weighted by Crippen LogP contribution is -2.51. The topological polar surface area (TPSA) is 27.2 Å². The highest BCUT2D eigenvalue weighted by atomic mass is 35.5. The Morgan fingerprint density at radius 3 is 2.71 bits per heavy atom. The van der Waals surface area contributed by atoms with Crippen molar-refractivity contribution < 1.29 is 0 Å². The van der Waals surface area contributed by atoms with Gasteiger partial charge in [0.05, 0.1) is 21.1 Å². The van der Waals surface area contributed by atoms with Gasteiger partial charge in [0.2, 0.25) is 0 Å². The molecule has 1 unspecified atom stereocenters. The van der Waals surface area contributed by atoms with E-state index in [2.05, 4.69) is 33.4 Å². The molecule has 2 aromatic rings. The molecule has 0 bridgehead atoms. The van der Waals surface area contributed by atoms with Gasteiger partial charge in [0.1, 0.15) is 0 Å². The largest absolute Gasteiger partial charge is 0.331 e. The van der Waals surface area contributed by atoms with Crippen LogP contribution < -0.4 is 0 Å². The first kappa shape index (κ1) is 15.3. The second kappa shape index (κ2) is 5.89. The number of benzene rings is 1. The summed E-state index contributed by atoms with van der Waals surface area (Å²) in [6, 6.07) is 4.16. The molecule has 1 aliphatic heterocycles. The Bertz CT molecular complexity index is 724. The molecule has 1 aromatic heterocycles. The molecule has 1 N–H and O–H groups in total. The third-order valence-corrected chi connectivity index (χ3v) is 5.23. The molecular formula is C14H18Cl2N4S. The van der Waals surface area contributed by atoms with Crippen LogP contribution in [-0.2, 0) is 6.54 Å². The lowest BCUT2D eigenvalue weighted by atomic mass is 10.2. The van der Waals surface area contributed by atoms with Gasteiger partial charge < -0.3 is 14.5 Å². The van der Waals surface area contributed by atoms with Crippen LogP contribution in [0.1, 0.15) is 0 Å². The van der Waals surface area contributed by atoms with E-state index in [1.807, 2.05) is 12.1 Å². The number of hydrogen-bond acceptors (Lipinski definition) is 3. The van der Waals surface area contributed by atoms with E-state index in [1.165, 1.54) is 0 Å². The van der Waals surface area contributed by atoms with Crippen LogP contribution in [0, 0.1) is 4.77 Å². The van der Waals surface area contributed by atoms with Crippen LogP contribution in [-0.4, -0.2) is 59.1 Å². The van der Waals surface area contributed by atoms with Crippen molar-refractivity contribution >= 4 is 46.5 Å². The summed E-state index contributed by atoms with van der Waals surface area (Å²) in [5.41, 5.74) is 1.94. The number of imidazole rings is 1. The number of aromatic amines is 1. The Kier molecular flexibility index (Phi) is 4.30. The van der Waals surface area contributed by atoms with E-state index in [4.69, 9.17) is 35.4 Å². The summed E-state index contributed by atoms with van der Waals surface area (Å²) < 4.78 is 2.83. The van der Waals surface area contributed by atoms with Crippen molar-refractivity contribution in [2.45, 2.75) is 12.6 Å². The molecule has 114 valence electrons. The molecule has 21 heavy (non-hydrogen) atoms. The first-order chi connectivity index (χ1) is 9.95. The van der Waals surface area contributed by atoms with E-state index >= 15 is 0 Å². The van der Waals surface area contributed by atoms with E-state index in [0.29, 0.717) is 20.9 Å². The SMILES string of the molecule is CN1CCN(C)C(Cn2c(=S)[nH]c3cc(Cl)c(Cl)cc32)C1. The number of H-pyrrole nitrogens is 1. The van der Waals surface area contributed by atoms with E-state index in [9.17, 15) is 0 Å². The number of hydrogen-bond donors (Lipinski definition) is 1. The number of piperazine rings is 1. The molecule has 1 aromatic carbocycles. The molecule has 1 aliphatic rings. The van der Waals surface area contributed by atoms with Gasteiger partial charge in [-0.25, -0.2) is 0 Å². The normalized spacial score (nSPS) is 21.2. The van der Waals surface area contributed by atoms with Crippen molar-refractivity contribution in [1.29, 1.82) is 0 Å². The summed E-state index contributed by atoms with van der Waals surface area (Å²) in [5.74, 6) is 0. The monoisotopic (exact) mass is 344 g/mol. The van der Waals surface area contributed by atoms with Crippen LogP contribution in [0.4, 0.5) is 0 Å². The highest BCUT2D eigenvalue weighted by molar-refractivity contribution is 7.71. The smallest absolute Gasteiger partial charge is 0.178 e. The molecule has 0 aliphatic carbocycles. The van der Waals surface area contributed by atoms with Crippen molar-refractivity contribution in [3.8, 4) is 0 Å². The predicted octanol–water partition coefficient (Wildman–Crippen LogP) is 3.25. The molecule has 0 saturated carbocycles. The minimum absolute atomic E-state index is 0.434. The highest BCUT2D eigenvalue weighted by Crippen LogP contribution is 2.28. The summed E-state index contributed by atoms with van der Waals surface area (Å²) in [4.78, 5) is 7.95. The molecule has 0 spiro atoms. The lowest BCUT2D eigenvalue weighted by Gasteiger charge is -2.37. The molecule has 1 atom stereocenters. The maximum atomic E-state index is 6.15. The van der Waals surface area contributed by atoms with Gasteiger partial charge in [-0.15, -0.1) is 0 Å². The number of fused-ring (bicyclic) bond motifs is 1. The van der Waals surface area contributed by atoms with Crippen molar-refractivity contribution in [3.05, 3.63) is 26.9 Å². The highest BCUT2D eigenvalue weighted by Gasteiger charge is 2.23. The van der Waals surface area contributed by atoms with Crippen molar-refractivity contribution in [2.75, 3.05) is 33.7 Å². The Morgan fingerprint density at radius 2 is 1.95 bits per heavy atom. The Hall–Kier alpha value is -0.590. The second-order valence-electron chi connectivity index (χ2n) is 5.72. The average Bonchev–Trinajstić information content (AvgIpc) is 2.71. The Morgan fingerprint density at radius 1 is 1.24 bits per heavy atom. The predicted molar refractivity (Wildman–Crippen MR) is 91.1 cm³/mol. The van der Waals surface area contributed by atoms with Gasteiger partial charge in [0, 0.05) is 32.2 Å². The van der Waals surface area contributed by atoms with Gasteiger partial charge in [-0.05, 0) is 38.4 Å². The summed E-state index contributed by atoms with van der Waals surface area (Å²) in [6.07, 6.45) is 0. The summed E-state index contributed by atoms with van der Waals surface area (Å²) in [7, 11) is 4.32. The van der Waals surface area contributed by atoms with E-state index < -0.39 is 0 Å². The quantitative estimate of drug-likeness (QED) is 0.847. The fraction of sp³-hybridized carbons (Fsp3) is 0.500. The summed E-state index contributed by atoms with van der Waals surface area (Å²) in [5, 5.41) is 1.10. The minimum atomic E-state index is 0.434. The van der Waals surface area contributed by atoms with Crippen LogP contribution in [0.3, 0.4) is 0 Å². The summed E-state index contributed by atoms with van der Waals surface area (Å²) >= 11 is 17.7. The molecule has 0 amide bonds. The van der Waals surface area contributed by atoms with E-state index in [1.54, 1.807) is 0 Å².